The second-order valence-corrected chi connectivity index (χ2v) is 8.13. The molecular weight excluding hydrogens is 380 g/mol. The van der Waals surface area contributed by atoms with Crippen molar-refractivity contribution in [2.45, 2.75) is 38.8 Å². The number of thioether (sulfide) groups is 1. The molecule has 1 fully saturated rings. The highest BCUT2D eigenvalue weighted by molar-refractivity contribution is 7.99. The third-order valence-corrected chi connectivity index (χ3v) is 5.56. The summed E-state index contributed by atoms with van der Waals surface area (Å²) in [4.78, 5) is 37.3. The zero-order chi connectivity index (χ0) is 20.4. The van der Waals surface area contributed by atoms with Gasteiger partial charge in [-0.15, -0.1) is 0 Å². The van der Waals surface area contributed by atoms with Crippen molar-refractivity contribution in [2.75, 3.05) is 24.6 Å². The van der Waals surface area contributed by atoms with E-state index in [-0.39, 0.29) is 18.9 Å². The highest BCUT2D eigenvalue weighted by Gasteiger charge is 2.22. The Balaban J connectivity index is 1.67. The van der Waals surface area contributed by atoms with Crippen LogP contribution in [0.25, 0.3) is 0 Å². The number of amides is 2. The smallest absolute Gasteiger partial charge is 0.408 e. The number of alkyl carbamates (subject to hydrolysis) is 1. The Labute approximate surface area is 169 Å². The summed E-state index contributed by atoms with van der Waals surface area (Å²) >= 11 is 1.39. The van der Waals surface area contributed by atoms with Gasteiger partial charge in [-0.3, -0.25) is 4.79 Å². The molecule has 2 amide bonds. The number of ether oxygens (including phenoxy) is 1. The van der Waals surface area contributed by atoms with Crippen molar-refractivity contribution in [3.8, 4) is 0 Å². The van der Waals surface area contributed by atoms with Gasteiger partial charge < -0.3 is 20.1 Å². The van der Waals surface area contributed by atoms with Gasteiger partial charge in [-0.25, -0.2) is 9.59 Å². The summed E-state index contributed by atoms with van der Waals surface area (Å²) in [5, 5.41) is 11.7. The Kier molecular flexibility index (Phi) is 9.13. The summed E-state index contributed by atoms with van der Waals surface area (Å²) in [5.41, 5.74) is 0.825. The number of rotatable bonds is 9. The summed E-state index contributed by atoms with van der Waals surface area (Å²) in [7, 11) is 0. The van der Waals surface area contributed by atoms with E-state index in [4.69, 9.17) is 4.74 Å². The second-order valence-electron chi connectivity index (χ2n) is 7.03. The van der Waals surface area contributed by atoms with Crippen LogP contribution in [0, 0.1) is 5.92 Å². The Morgan fingerprint density at radius 2 is 2.07 bits per heavy atom. The van der Waals surface area contributed by atoms with Gasteiger partial charge in [-0.2, -0.15) is 11.8 Å². The largest absolute Gasteiger partial charge is 0.480 e. The first-order chi connectivity index (χ1) is 13.5. The van der Waals surface area contributed by atoms with E-state index in [1.54, 1.807) is 0 Å². The number of hydrogen-bond acceptors (Lipinski definition) is 5. The number of nitrogens with one attached hydrogen (secondary N) is 1. The Hall–Kier alpha value is -2.22. The van der Waals surface area contributed by atoms with Gasteiger partial charge in [0, 0.05) is 13.1 Å². The second kappa shape index (κ2) is 11.6. The minimum absolute atomic E-state index is 0.0799. The first-order valence-electron chi connectivity index (χ1n) is 9.51. The van der Waals surface area contributed by atoms with Crippen LogP contribution >= 0.6 is 11.8 Å². The number of carboxylic acids is 1. The molecule has 2 rings (SSSR count). The predicted octanol–water partition coefficient (Wildman–Crippen LogP) is 2.75. The zero-order valence-electron chi connectivity index (χ0n) is 16.1. The first kappa shape index (κ1) is 22.1. The molecule has 2 unspecified atom stereocenters. The van der Waals surface area contributed by atoms with Gasteiger partial charge in [0.15, 0.2) is 0 Å². The number of piperidine rings is 1. The van der Waals surface area contributed by atoms with Crippen molar-refractivity contribution in [1.29, 1.82) is 0 Å². The van der Waals surface area contributed by atoms with Crippen molar-refractivity contribution < 1.29 is 24.2 Å². The molecule has 2 N–H and O–H groups in total. The van der Waals surface area contributed by atoms with Gasteiger partial charge in [0.05, 0.1) is 5.75 Å². The Morgan fingerprint density at radius 3 is 2.75 bits per heavy atom. The maximum absolute atomic E-state index is 12.2. The monoisotopic (exact) mass is 408 g/mol. The van der Waals surface area contributed by atoms with Gasteiger partial charge >= 0.3 is 12.1 Å². The van der Waals surface area contributed by atoms with E-state index in [2.05, 4.69) is 12.2 Å². The lowest BCUT2D eigenvalue weighted by molar-refractivity contribution is -0.139. The number of carbonyl (C=O) groups is 3. The minimum atomic E-state index is -1.12. The van der Waals surface area contributed by atoms with Crippen LogP contribution in [0.1, 0.15) is 31.7 Å². The summed E-state index contributed by atoms with van der Waals surface area (Å²) in [6, 6.07) is 8.12. The molecule has 0 bridgehead atoms. The van der Waals surface area contributed by atoms with Crippen LogP contribution in [0.5, 0.6) is 0 Å². The average molecular weight is 409 g/mol. The topological polar surface area (TPSA) is 95.9 Å². The van der Waals surface area contributed by atoms with Gasteiger partial charge in [0.2, 0.25) is 5.91 Å². The van der Waals surface area contributed by atoms with Crippen LogP contribution in [0.4, 0.5) is 4.79 Å². The van der Waals surface area contributed by atoms with Crippen LogP contribution in [-0.4, -0.2) is 58.6 Å². The van der Waals surface area contributed by atoms with Crippen LogP contribution in [0.2, 0.25) is 0 Å². The van der Waals surface area contributed by atoms with Gasteiger partial charge in [0.25, 0.3) is 0 Å². The molecule has 2 atom stereocenters. The number of nitrogens with zero attached hydrogens (tertiary/aromatic N) is 1. The number of hydrogen-bond donors (Lipinski definition) is 2. The van der Waals surface area contributed by atoms with E-state index in [9.17, 15) is 19.5 Å². The summed E-state index contributed by atoms with van der Waals surface area (Å²) < 4.78 is 5.06. The summed E-state index contributed by atoms with van der Waals surface area (Å²) in [5.74, 6) is 0.306. The quantitative estimate of drug-likeness (QED) is 0.610. The normalized spacial score (nSPS) is 17.6. The highest BCUT2D eigenvalue weighted by atomic mass is 32.2. The maximum atomic E-state index is 12.2. The van der Waals surface area contributed by atoms with E-state index >= 15 is 0 Å². The SMILES string of the molecule is CC1CCCN(C(=O)CSCCC(NC(=O)OCc2ccccc2)C(=O)O)C1. The average Bonchev–Trinajstić information content (AvgIpc) is 2.69. The third-order valence-electron chi connectivity index (χ3n) is 4.59. The number of carboxylic acid groups (broad SMARTS) is 1. The van der Waals surface area contributed by atoms with E-state index in [1.807, 2.05) is 35.2 Å². The van der Waals surface area contributed by atoms with E-state index in [0.717, 1.165) is 31.5 Å². The lowest BCUT2D eigenvalue weighted by atomic mass is 10.0. The van der Waals surface area contributed by atoms with Crippen LogP contribution < -0.4 is 5.32 Å². The molecule has 1 aliphatic heterocycles. The van der Waals surface area contributed by atoms with Crippen molar-refractivity contribution in [1.82, 2.24) is 10.2 Å². The standard InChI is InChI=1S/C20H28N2O5S/c1-15-6-5-10-22(12-15)18(23)14-28-11-9-17(19(24)25)21-20(26)27-13-16-7-3-2-4-8-16/h2-4,7-8,15,17H,5-6,9-14H2,1H3,(H,21,26)(H,24,25). The molecule has 0 aromatic heterocycles. The van der Waals surface area contributed by atoms with Gasteiger partial charge in [-0.1, -0.05) is 37.3 Å². The molecule has 1 aromatic carbocycles. The Morgan fingerprint density at radius 1 is 1.32 bits per heavy atom. The molecule has 1 aromatic rings. The number of carbonyl (C=O) groups excluding carboxylic acids is 2. The molecule has 8 heteroatoms. The zero-order valence-corrected chi connectivity index (χ0v) is 17.0. The fourth-order valence-electron chi connectivity index (χ4n) is 3.03. The van der Waals surface area contributed by atoms with Crippen molar-refractivity contribution >= 4 is 29.7 Å². The van der Waals surface area contributed by atoms with Gasteiger partial charge in [-0.05, 0) is 36.5 Å². The fraction of sp³-hybridized carbons (Fsp3) is 0.550. The minimum Gasteiger partial charge on any atom is -0.480 e. The molecule has 154 valence electrons. The molecule has 0 spiro atoms. The predicted molar refractivity (Wildman–Crippen MR) is 108 cm³/mol. The van der Waals surface area contributed by atoms with E-state index < -0.39 is 18.1 Å². The van der Waals surface area contributed by atoms with Crippen LogP contribution in [-0.2, 0) is 20.9 Å². The first-order valence-corrected chi connectivity index (χ1v) is 10.7. The Bertz CT molecular complexity index is 655. The van der Waals surface area contributed by atoms with Crippen molar-refractivity contribution in [3.63, 3.8) is 0 Å². The summed E-state index contributed by atoms with van der Waals surface area (Å²) in [6.45, 7) is 3.82. The maximum Gasteiger partial charge on any atom is 0.408 e. The lowest BCUT2D eigenvalue weighted by Gasteiger charge is -2.30. The molecule has 28 heavy (non-hydrogen) atoms. The molecule has 0 radical (unpaired) electrons. The van der Waals surface area contributed by atoms with Gasteiger partial charge in [0.1, 0.15) is 12.6 Å². The van der Waals surface area contributed by atoms with E-state index in [0.29, 0.717) is 17.4 Å². The van der Waals surface area contributed by atoms with E-state index in [1.165, 1.54) is 11.8 Å². The lowest BCUT2D eigenvalue weighted by Crippen LogP contribution is -2.41. The summed E-state index contributed by atoms with van der Waals surface area (Å²) in [6.07, 6.45) is 1.65. The molecule has 1 saturated heterocycles. The number of aliphatic carboxylic acids is 1. The molecule has 1 aliphatic rings. The molecular formula is C20H28N2O5S. The third kappa shape index (κ3) is 7.80. The van der Waals surface area contributed by atoms with Crippen LogP contribution in [0.3, 0.4) is 0 Å². The molecule has 0 saturated carbocycles. The van der Waals surface area contributed by atoms with Crippen molar-refractivity contribution in [3.05, 3.63) is 35.9 Å². The highest BCUT2D eigenvalue weighted by Crippen LogP contribution is 2.17. The molecule has 7 nitrogen and oxygen atoms in total. The van der Waals surface area contributed by atoms with Crippen molar-refractivity contribution in [2.24, 2.45) is 5.92 Å². The molecule has 1 heterocycles. The molecule has 0 aliphatic carbocycles. The number of benzene rings is 1. The number of likely N-dealkylation sites (tertiary alicyclic amines) is 1. The fourth-order valence-corrected chi connectivity index (χ4v) is 3.94. The van der Waals surface area contributed by atoms with Crippen LogP contribution in [0.15, 0.2) is 30.3 Å².